The molecule has 204 valence electrons. The molecule has 0 aliphatic heterocycles. The molecule has 1 aliphatic rings. The van der Waals surface area contributed by atoms with Crippen LogP contribution in [0.15, 0.2) is 34.7 Å². The van der Waals surface area contributed by atoms with Crippen LogP contribution in [-0.2, 0) is 32.2 Å². The van der Waals surface area contributed by atoms with Crippen LogP contribution in [0.5, 0.6) is 0 Å². The second kappa shape index (κ2) is 12.2. The van der Waals surface area contributed by atoms with Crippen LogP contribution in [0, 0.1) is 5.92 Å². The number of hydrogen-bond donors (Lipinski definition) is 2. The van der Waals surface area contributed by atoms with Gasteiger partial charge < -0.3 is 14.7 Å². The fourth-order valence-electron chi connectivity index (χ4n) is 4.13. The van der Waals surface area contributed by atoms with E-state index < -0.39 is 39.3 Å². The highest BCUT2D eigenvalue weighted by Gasteiger charge is 2.33. The number of anilines is 1. The third-order valence-electron chi connectivity index (χ3n) is 6.06. The van der Waals surface area contributed by atoms with E-state index in [2.05, 4.69) is 17.2 Å². The molecule has 1 fully saturated rings. The van der Waals surface area contributed by atoms with Crippen molar-refractivity contribution in [2.75, 3.05) is 24.2 Å². The number of ether oxygens (including phenoxy) is 1. The van der Waals surface area contributed by atoms with Crippen LogP contribution >= 0.6 is 11.3 Å². The molecule has 0 atom stereocenters. The Morgan fingerprint density at radius 3 is 2.54 bits per heavy atom. The number of carboxylic acid groups (broad SMARTS) is 1. The Labute approximate surface area is 216 Å². The number of carbonyl (C=O) groups excluding carboxylic acids is 1. The molecule has 0 saturated heterocycles. The lowest BCUT2D eigenvalue weighted by atomic mass is 9.86. The van der Waals surface area contributed by atoms with Gasteiger partial charge in [-0.25, -0.2) is 18.2 Å². The Kier molecular flexibility index (Phi) is 9.53. The number of benzene rings is 1. The molecule has 1 heterocycles. The molecule has 14 heteroatoms. The molecule has 0 bridgehead atoms. The molecule has 1 aromatic carbocycles. The van der Waals surface area contributed by atoms with Gasteiger partial charge in [-0.05, 0) is 43.2 Å². The number of thiazole rings is 1. The highest BCUT2D eigenvalue weighted by molar-refractivity contribution is 7.94. The van der Waals surface area contributed by atoms with Crippen LogP contribution < -0.4 is 5.32 Å². The van der Waals surface area contributed by atoms with Gasteiger partial charge in [-0.15, -0.1) is 0 Å². The summed E-state index contributed by atoms with van der Waals surface area (Å²) in [5.41, 5.74) is -0.779. The summed E-state index contributed by atoms with van der Waals surface area (Å²) in [6.07, 6.45) is -0.225. The molecule has 1 aromatic heterocycles. The Bertz CT molecular complexity index is 1190. The lowest BCUT2D eigenvalue weighted by Gasteiger charge is -2.36. The summed E-state index contributed by atoms with van der Waals surface area (Å²) in [6.45, 7) is 1.94. The van der Waals surface area contributed by atoms with Gasteiger partial charge in [-0.1, -0.05) is 36.5 Å². The largest absolute Gasteiger partial charge is 0.480 e. The minimum absolute atomic E-state index is 0.00428. The summed E-state index contributed by atoms with van der Waals surface area (Å²) < 4.78 is 69.1. The second-order valence-corrected chi connectivity index (χ2v) is 12.1. The zero-order chi connectivity index (χ0) is 27.2. The molecule has 2 amide bonds. The van der Waals surface area contributed by atoms with E-state index in [4.69, 9.17) is 9.84 Å². The molecule has 0 spiro atoms. The maximum atomic E-state index is 13.2. The number of nitrogens with zero attached hydrogens (tertiary/aromatic N) is 2. The second-order valence-electron chi connectivity index (χ2n) is 8.88. The van der Waals surface area contributed by atoms with Gasteiger partial charge in [0.05, 0.1) is 25.0 Å². The van der Waals surface area contributed by atoms with Crippen molar-refractivity contribution < 1.29 is 41.0 Å². The lowest BCUT2D eigenvalue weighted by Crippen LogP contribution is -2.46. The summed E-state index contributed by atoms with van der Waals surface area (Å²) in [6, 6.07) is 4.46. The quantitative estimate of drug-likeness (QED) is 0.403. The Hall–Kier alpha value is -2.71. The van der Waals surface area contributed by atoms with Gasteiger partial charge in [-0.2, -0.15) is 13.2 Å². The molecule has 1 aliphatic carbocycles. The standard InChI is InChI=1S/C23H28F3N3O6S2/c1-15-6-8-17(9-7-15)29(10-11-35-13-16-4-2-3-5-18(16)23(24,25)26)22(32)28-21-27-12-20(36-21)37(33,34)14-19(30)31/h2-5,12,15,17H,6-11,13-14H2,1H3,(H,30,31)(H,27,28,32)/t15-,17-. The van der Waals surface area contributed by atoms with Crippen LogP contribution in [0.4, 0.5) is 23.1 Å². The molecule has 0 unspecified atom stereocenters. The number of carbonyl (C=O) groups is 2. The van der Waals surface area contributed by atoms with Crippen LogP contribution in [0.1, 0.15) is 43.7 Å². The van der Waals surface area contributed by atoms with Crippen molar-refractivity contribution in [2.24, 2.45) is 5.92 Å². The van der Waals surface area contributed by atoms with Crippen molar-refractivity contribution in [1.29, 1.82) is 0 Å². The molecule has 3 rings (SSSR count). The molecule has 1 saturated carbocycles. The first-order chi connectivity index (χ1) is 17.4. The van der Waals surface area contributed by atoms with E-state index in [1.807, 2.05) is 0 Å². The highest BCUT2D eigenvalue weighted by Crippen LogP contribution is 2.32. The first-order valence-electron chi connectivity index (χ1n) is 11.6. The van der Waals surface area contributed by atoms with Crippen LogP contribution in [-0.4, -0.2) is 60.4 Å². The van der Waals surface area contributed by atoms with Crippen LogP contribution in [0.25, 0.3) is 0 Å². The number of nitrogens with one attached hydrogen (secondary N) is 1. The van der Waals surface area contributed by atoms with Crippen LogP contribution in [0.2, 0.25) is 0 Å². The maximum Gasteiger partial charge on any atom is 0.416 e. The predicted octanol–water partition coefficient (Wildman–Crippen LogP) is 4.65. The van der Waals surface area contributed by atoms with Gasteiger partial charge >= 0.3 is 18.2 Å². The van der Waals surface area contributed by atoms with Crippen LogP contribution in [0.3, 0.4) is 0 Å². The van der Waals surface area contributed by atoms with Crippen molar-refractivity contribution >= 4 is 38.3 Å². The smallest absolute Gasteiger partial charge is 0.416 e. The average molecular weight is 564 g/mol. The molecular weight excluding hydrogens is 535 g/mol. The number of sulfone groups is 1. The minimum atomic E-state index is -4.50. The maximum absolute atomic E-state index is 13.2. The molecule has 0 radical (unpaired) electrons. The first-order valence-corrected chi connectivity index (χ1v) is 14.0. The summed E-state index contributed by atoms with van der Waals surface area (Å²) >= 11 is 0.645. The summed E-state index contributed by atoms with van der Waals surface area (Å²) in [5, 5.41) is 11.3. The molecular formula is C23H28F3N3O6S2. The number of amides is 2. The van der Waals surface area contributed by atoms with Gasteiger partial charge in [0.1, 0.15) is 4.21 Å². The van der Waals surface area contributed by atoms with E-state index in [1.165, 1.54) is 23.1 Å². The van der Waals surface area contributed by atoms with E-state index >= 15 is 0 Å². The zero-order valence-corrected chi connectivity index (χ0v) is 21.7. The number of hydrogen-bond acceptors (Lipinski definition) is 7. The van der Waals surface area contributed by atoms with Crippen molar-refractivity contribution in [3.05, 3.63) is 41.6 Å². The summed E-state index contributed by atoms with van der Waals surface area (Å²) in [4.78, 5) is 29.3. The van der Waals surface area contributed by atoms with Gasteiger partial charge in [0.25, 0.3) is 0 Å². The summed E-state index contributed by atoms with van der Waals surface area (Å²) in [5.74, 6) is -2.09. The van der Waals surface area contributed by atoms with E-state index in [1.54, 1.807) is 0 Å². The lowest BCUT2D eigenvalue weighted by molar-refractivity contribution is -0.139. The Morgan fingerprint density at radius 1 is 1.22 bits per heavy atom. The third-order valence-corrected chi connectivity index (χ3v) is 9.13. The highest BCUT2D eigenvalue weighted by atomic mass is 32.2. The summed E-state index contributed by atoms with van der Waals surface area (Å²) in [7, 11) is -4.09. The van der Waals surface area contributed by atoms with E-state index in [9.17, 15) is 31.2 Å². The van der Waals surface area contributed by atoms with E-state index in [0.29, 0.717) is 17.3 Å². The molecule has 9 nitrogen and oxygen atoms in total. The van der Waals surface area contributed by atoms with Gasteiger partial charge in [0.2, 0.25) is 0 Å². The normalized spacial score (nSPS) is 18.4. The Balaban J connectivity index is 1.66. The van der Waals surface area contributed by atoms with Crippen molar-refractivity contribution in [3.8, 4) is 0 Å². The SMILES string of the molecule is C[C@H]1CC[C@H](N(CCOCc2ccccc2C(F)(F)F)C(=O)Nc2ncc(S(=O)(=O)CC(=O)O)s2)CC1. The van der Waals surface area contributed by atoms with Crippen molar-refractivity contribution in [2.45, 2.75) is 55.6 Å². The minimum Gasteiger partial charge on any atom is -0.480 e. The number of aliphatic carboxylic acids is 1. The van der Waals surface area contributed by atoms with Crippen molar-refractivity contribution in [1.82, 2.24) is 9.88 Å². The van der Waals surface area contributed by atoms with Gasteiger partial charge in [-0.3, -0.25) is 10.1 Å². The number of urea groups is 1. The number of rotatable bonds is 10. The predicted molar refractivity (Wildman–Crippen MR) is 130 cm³/mol. The number of alkyl halides is 3. The topological polar surface area (TPSA) is 126 Å². The molecule has 2 N–H and O–H groups in total. The van der Waals surface area contributed by atoms with Gasteiger partial charge in [0, 0.05) is 12.6 Å². The zero-order valence-electron chi connectivity index (χ0n) is 20.0. The first kappa shape index (κ1) is 28.9. The number of halogens is 3. The molecule has 2 aromatic rings. The van der Waals surface area contributed by atoms with E-state index in [0.717, 1.165) is 37.9 Å². The average Bonchev–Trinajstić information content (AvgIpc) is 3.28. The number of carboxylic acids is 1. The van der Waals surface area contributed by atoms with Gasteiger partial charge in [0.15, 0.2) is 20.7 Å². The molecule has 37 heavy (non-hydrogen) atoms. The Morgan fingerprint density at radius 2 is 1.89 bits per heavy atom. The number of aromatic nitrogens is 1. The third kappa shape index (κ3) is 8.14. The van der Waals surface area contributed by atoms with E-state index in [-0.39, 0.29) is 40.7 Å². The monoisotopic (exact) mass is 563 g/mol. The fraction of sp³-hybridized carbons (Fsp3) is 0.522. The van der Waals surface area contributed by atoms with Crippen molar-refractivity contribution in [3.63, 3.8) is 0 Å². The fourth-order valence-corrected chi connectivity index (χ4v) is 6.27.